The van der Waals surface area contributed by atoms with Crippen LogP contribution in [0.1, 0.15) is 32.6 Å². The largest absolute Gasteiger partial charge is 0.478 e. The van der Waals surface area contributed by atoms with Crippen LogP contribution in [0.4, 0.5) is 26.3 Å². The predicted octanol–water partition coefficient (Wildman–Crippen LogP) is 4.71. The van der Waals surface area contributed by atoms with Gasteiger partial charge < -0.3 is 10.4 Å². The van der Waals surface area contributed by atoms with Gasteiger partial charge in [-0.3, -0.25) is 0 Å². The van der Waals surface area contributed by atoms with E-state index in [4.69, 9.17) is 5.11 Å². The van der Waals surface area contributed by atoms with E-state index in [2.05, 4.69) is 5.32 Å². The van der Waals surface area contributed by atoms with Gasteiger partial charge in [0.2, 0.25) is 0 Å². The minimum atomic E-state index is -4.91. The van der Waals surface area contributed by atoms with E-state index < -0.39 is 29.4 Å². The highest BCUT2D eigenvalue weighted by Gasteiger charge is 2.36. The molecule has 2 N–H and O–H groups in total. The average Bonchev–Trinajstić information content (AvgIpc) is 2.53. The Hall–Kier alpha value is -2.55. The Bertz CT molecular complexity index is 766. The Kier molecular flexibility index (Phi) is 5.60. The zero-order valence-electron chi connectivity index (χ0n) is 13.1. The van der Waals surface area contributed by atoms with E-state index in [1.165, 1.54) is 18.2 Å². The van der Waals surface area contributed by atoms with Crippen LogP contribution in [0.25, 0.3) is 0 Å². The molecule has 26 heavy (non-hydrogen) atoms. The van der Waals surface area contributed by atoms with Crippen molar-refractivity contribution in [1.82, 2.24) is 5.32 Å². The molecule has 3 nitrogen and oxygen atoms in total. The maximum atomic E-state index is 12.8. The molecule has 0 aliphatic carbocycles. The first-order valence-corrected chi connectivity index (χ1v) is 7.29. The highest BCUT2D eigenvalue weighted by molar-refractivity contribution is 5.89. The first-order chi connectivity index (χ1) is 12.0. The number of halogens is 6. The van der Waals surface area contributed by atoms with Gasteiger partial charge >= 0.3 is 18.3 Å². The summed E-state index contributed by atoms with van der Waals surface area (Å²) in [6.07, 6.45) is -9.82. The molecule has 140 valence electrons. The lowest BCUT2D eigenvalue weighted by Gasteiger charge is -2.15. The summed E-state index contributed by atoms with van der Waals surface area (Å²) in [5.41, 5.74) is -2.63. The third-order valence-corrected chi connectivity index (χ3v) is 3.54. The Morgan fingerprint density at radius 2 is 1.42 bits per heavy atom. The number of carboxylic acid groups (broad SMARTS) is 1. The van der Waals surface area contributed by atoms with Crippen molar-refractivity contribution < 1.29 is 36.2 Å². The summed E-state index contributed by atoms with van der Waals surface area (Å²) in [7, 11) is 0. The number of benzene rings is 2. The van der Waals surface area contributed by atoms with Crippen LogP contribution in [0.5, 0.6) is 0 Å². The number of carbonyl (C=O) groups is 1. The van der Waals surface area contributed by atoms with Crippen LogP contribution in [0, 0.1) is 0 Å². The molecule has 0 heterocycles. The van der Waals surface area contributed by atoms with Crippen molar-refractivity contribution in [2.24, 2.45) is 0 Å². The zero-order valence-corrected chi connectivity index (χ0v) is 13.1. The molecule has 0 spiro atoms. The Morgan fingerprint density at radius 1 is 0.885 bits per heavy atom. The van der Waals surface area contributed by atoms with Gasteiger partial charge in [0.1, 0.15) is 0 Å². The molecule has 2 aromatic carbocycles. The fraction of sp³-hybridized carbons (Fsp3) is 0.235. The van der Waals surface area contributed by atoms with Crippen LogP contribution in [0.3, 0.4) is 0 Å². The van der Waals surface area contributed by atoms with Crippen molar-refractivity contribution >= 4 is 5.97 Å². The lowest BCUT2D eigenvalue weighted by atomic mass is 10.0. The Labute approximate surface area is 144 Å². The van der Waals surface area contributed by atoms with Gasteiger partial charge in [-0.2, -0.15) is 26.3 Å². The lowest BCUT2D eigenvalue weighted by molar-refractivity contribution is -0.143. The minimum absolute atomic E-state index is 0.0000211. The van der Waals surface area contributed by atoms with E-state index >= 15 is 0 Å². The molecular formula is C17H13F6NO2. The molecule has 0 unspecified atom stereocenters. The molecule has 0 amide bonds. The Balaban J connectivity index is 2.21. The molecule has 0 saturated heterocycles. The highest BCUT2D eigenvalue weighted by atomic mass is 19.4. The summed E-state index contributed by atoms with van der Waals surface area (Å²) >= 11 is 0. The second kappa shape index (κ2) is 7.36. The van der Waals surface area contributed by atoms with Gasteiger partial charge in [-0.15, -0.1) is 0 Å². The van der Waals surface area contributed by atoms with E-state index in [1.807, 2.05) is 0 Å². The van der Waals surface area contributed by atoms with E-state index in [-0.39, 0.29) is 30.3 Å². The number of carboxylic acids is 1. The van der Waals surface area contributed by atoms with Crippen LogP contribution in [0.2, 0.25) is 0 Å². The van der Waals surface area contributed by atoms with E-state index in [0.717, 1.165) is 0 Å². The van der Waals surface area contributed by atoms with Crippen LogP contribution in [-0.2, 0) is 25.4 Å². The SMILES string of the molecule is O=C(O)c1ccccc1CNCc1cc(C(F)(F)F)cc(C(F)(F)F)c1. The molecular weight excluding hydrogens is 364 g/mol. The van der Waals surface area contributed by atoms with Crippen LogP contribution in [0.15, 0.2) is 42.5 Å². The van der Waals surface area contributed by atoms with Crippen LogP contribution < -0.4 is 5.32 Å². The number of nitrogens with one attached hydrogen (secondary N) is 1. The van der Waals surface area contributed by atoms with E-state index in [0.29, 0.717) is 17.7 Å². The molecule has 0 fully saturated rings. The molecule has 2 rings (SSSR count). The van der Waals surface area contributed by atoms with Gasteiger partial charge in [0.25, 0.3) is 0 Å². The standard InChI is InChI=1S/C17H13F6NO2/c18-16(19,20)12-5-10(6-13(7-12)17(21,22)23)8-24-9-11-3-1-2-4-14(11)15(25)26/h1-7,24H,8-9H2,(H,25,26). The summed E-state index contributed by atoms with van der Waals surface area (Å²) in [5.74, 6) is -1.18. The summed E-state index contributed by atoms with van der Waals surface area (Å²) < 4.78 is 76.9. The maximum Gasteiger partial charge on any atom is 0.416 e. The van der Waals surface area contributed by atoms with Gasteiger partial charge in [-0.1, -0.05) is 18.2 Å². The minimum Gasteiger partial charge on any atom is -0.478 e. The molecule has 0 atom stereocenters. The fourth-order valence-corrected chi connectivity index (χ4v) is 2.35. The second-order valence-electron chi connectivity index (χ2n) is 5.48. The molecule has 0 saturated carbocycles. The lowest BCUT2D eigenvalue weighted by Crippen LogP contribution is -2.17. The van der Waals surface area contributed by atoms with Gasteiger partial charge in [0.15, 0.2) is 0 Å². The topological polar surface area (TPSA) is 49.3 Å². The van der Waals surface area contributed by atoms with Gasteiger partial charge in [-0.25, -0.2) is 4.79 Å². The van der Waals surface area contributed by atoms with Crippen molar-refractivity contribution in [3.05, 3.63) is 70.3 Å². The predicted molar refractivity (Wildman–Crippen MR) is 80.4 cm³/mol. The van der Waals surface area contributed by atoms with E-state index in [9.17, 15) is 31.1 Å². The number of hydrogen-bond acceptors (Lipinski definition) is 2. The van der Waals surface area contributed by atoms with Gasteiger partial charge in [0, 0.05) is 13.1 Å². The number of alkyl halides is 6. The molecule has 0 aromatic heterocycles. The van der Waals surface area contributed by atoms with Crippen molar-refractivity contribution in [3.63, 3.8) is 0 Å². The van der Waals surface area contributed by atoms with E-state index in [1.54, 1.807) is 6.07 Å². The molecule has 0 aliphatic rings. The molecule has 0 bridgehead atoms. The number of aromatic carboxylic acids is 1. The molecule has 0 radical (unpaired) electrons. The van der Waals surface area contributed by atoms with Gasteiger partial charge in [-0.05, 0) is 35.4 Å². The summed E-state index contributed by atoms with van der Waals surface area (Å²) in [6.45, 7) is -0.318. The number of hydrogen-bond donors (Lipinski definition) is 2. The Morgan fingerprint density at radius 3 is 1.92 bits per heavy atom. The summed E-state index contributed by atoms with van der Waals surface area (Å²) in [5, 5.41) is 11.7. The zero-order chi connectivity index (χ0) is 19.5. The quantitative estimate of drug-likeness (QED) is 0.742. The maximum absolute atomic E-state index is 12.8. The fourth-order valence-electron chi connectivity index (χ4n) is 2.35. The van der Waals surface area contributed by atoms with Crippen molar-refractivity contribution in [2.45, 2.75) is 25.4 Å². The third-order valence-electron chi connectivity index (χ3n) is 3.54. The van der Waals surface area contributed by atoms with Crippen molar-refractivity contribution in [3.8, 4) is 0 Å². The molecule has 0 aliphatic heterocycles. The average molecular weight is 377 g/mol. The molecule has 2 aromatic rings. The van der Waals surface area contributed by atoms with Crippen molar-refractivity contribution in [2.75, 3.05) is 0 Å². The van der Waals surface area contributed by atoms with Crippen molar-refractivity contribution in [1.29, 1.82) is 0 Å². The first-order valence-electron chi connectivity index (χ1n) is 7.29. The summed E-state index contributed by atoms with van der Waals surface area (Å²) in [6, 6.07) is 7.26. The first kappa shape index (κ1) is 19.8. The smallest absolute Gasteiger partial charge is 0.416 e. The van der Waals surface area contributed by atoms with Gasteiger partial charge in [0.05, 0.1) is 16.7 Å². The second-order valence-corrected chi connectivity index (χ2v) is 5.48. The van der Waals surface area contributed by atoms with Crippen LogP contribution >= 0.6 is 0 Å². The normalized spacial score (nSPS) is 12.2. The monoisotopic (exact) mass is 377 g/mol. The summed E-state index contributed by atoms with van der Waals surface area (Å²) in [4.78, 5) is 11.1. The molecule has 9 heteroatoms. The highest BCUT2D eigenvalue weighted by Crippen LogP contribution is 2.36. The third kappa shape index (κ3) is 4.98. The van der Waals surface area contributed by atoms with Crippen LogP contribution in [-0.4, -0.2) is 11.1 Å². The number of rotatable bonds is 5.